The minimum Gasteiger partial charge on any atom is -0.0654 e. The standard InChI is InChI=1S/C17H36/c1-7-10-15(2)11-8-12-16(3)13-9-14-17(4,5)6/h15-16H,7-14H2,1-6H3. The summed E-state index contributed by atoms with van der Waals surface area (Å²) in [6.45, 7) is 14.2. The Morgan fingerprint density at radius 2 is 1.24 bits per heavy atom. The monoisotopic (exact) mass is 240 g/mol. The van der Waals surface area contributed by atoms with Crippen LogP contribution >= 0.6 is 0 Å². The zero-order chi connectivity index (χ0) is 13.3. The first-order valence-electron chi connectivity index (χ1n) is 7.85. The van der Waals surface area contributed by atoms with Crippen LogP contribution < -0.4 is 0 Å². The minimum atomic E-state index is 0.523. The van der Waals surface area contributed by atoms with Gasteiger partial charge in [-0.2, -0.15) is 0 Å². The highest BCUT2D eigenvalue weighted by Gasteiger charge is 2.11. The second-order valence-electron chi connectivity index (χ2n) is 7.38. The average molecular weight is 240 g/mol. The molecule has 17 heavy (non-hydrogen) atoms. The van der Waals surface area contributed by atoms with Gasteiger partial charge in [-0.3, -0.25) is 0 Å². The van der Waals surface area contributed by atoms with Gasteiger partial charge in [0.2, 0.25) is 0 Å². The quantitative estimate of drug-likeness (QED) is 0.434. The molecule has 0 saturated carbocycles. The fourth-order valence-electron chi connectivity index (χ4n) is 2.58. The molecular weight excluding hydrogens is 204 g/mol. The third-order valence-corrected chi connectivity index (χ3v) is 3.80. The molecule has 0 fully saturated rings. The molecule has 0 aliphatic heterocycles. The van der Waals surface area contributed by atoms with Gasteiger partial charge in [-0.1, -0.05) is 86.5 Å². The van der Waals surface area contributed by atoms with Crippen molar-refractivity contribution in [1.29, 1.82) is 0 Å². The Bertz CT molecular complexity index is 163. The van der Waals surface area contributed by atoms with Crippen LogP contribution in [-0.2, 0) is 0 Å². The van der Waals surface area contributed by atoms with E-state index in [1.165, 1.54) is 51.4 Å². The maximum absolute atomic E-state index is 2.44. The first-order chi connectivity index (χ1) is 7.85. The average Bonchev–Trinajstić information content (AvgIpc) is 2.16. The molecule has 0 bridgehead atoms. The number of hydrogen-bond acceptors (Lipinski definition) is 0. The van der Waals surface area contributed by atoms with Gasteiger partial charge >= 0.3 is 0 Å². The van der Waals surface area contributed by atoms with Crippen LogP contribution in [0.3, 0.4) is 0 Å². The molecule has 104 valence electrons. The highest BCUT2D eigenvalue weighted by atomic mass is 14.2. The van der Waals surface area contributed by atoms with Crippen molar-refractivity contribution in [3.8, 4) is 0 Å². The maximum atomic E-state index is 2.44. The van der Waals surface area contributed by atoms with Crippen LogP contribution in [0.15, 0.2) is 0 Å². The Balaban J connectivity index is 3.43. The molecule has 0 radical (unpaired) electrons. The van der Waals surface area contributed by atoms with Crippen molar-refractivity contribution in [2.75, 3.05) is 0 Å². The summed E-state index contributed by atoms with van der Waals surface area (Å²) in [4.78, 5) is 0. The van der Waals surface area contributed by atoms with Crippen LogP contribution in [0.1, 0.15) is 92.9 Å². The van der Waals surface area contributed by atoms with Crippen LogP contribution in [0.4, 0.5) is 0 Å². The van der Waals surface area contributed by atoms with E-state index < -0.39 is 0 Å². The van der Waals surface area contributed by atoms with Crippen molar-refractivity contribution in [3.63, 3.8) is 0 Å². The van der Waals surface area contributed by atoms with Gasteiger partial charge in [0.25, 0.3) is 0 Å². The summed E-state index contributed by atoms with van der Waals surface area (Å²) < 4.78 is 0. The van der Waals surface area contributed by atoms with E-state index in [2.05, 4.69) is 41.5 Å². The van der Waals surface area contributed by atoms with Gasteiger partial charge in [0.1, 0.15) is 0 Å². The van der Waals surface area contributed by atoms with Crippen LogP contribution in [0.25, 0.3) is 0 Å². The lowest BCUT2D eigenvalue weighted by Crippen LogP contribution is -2.06. The summed E-state index contributed by atoms with van der Waals surface area (Å²) in [6.07, 6.45) is 11.3. The second-order valence-corrected chi connectivity index (χ2v) is 7.38. The fraction of sp³-hybridized carbons (Fsp3) is 1.00. The topological polar surface area (TPSA) is 0 Å². The van der Waals surface area contributed by atoms with E-state index in [0.717, 1.165) is 11.8 Å². The van der Waals surface area contributed by atoms with E-state index in [1.807, 2.05) is 0 Å². The molecule has 0 aromatic heterocycles. The maximum Gasteiger partial charge on any atom is -0.0383 e. The van der Waals surface area contributed by atoms with Gasteiger partial charge in [0.05, 0.1) is 0 Å². The lowest BCUT2D eigenvalue weighted by Gasteiger charge is -2.19. The van der Waals surface area contributed by atoms with Crippen LogP contribution in [0.2, 0.25) is 0 Å². The third kappa shape index (κ3) is 12.2. The molecule has 0 heterocycles. The molecule has 0 N–H and O–H groups in total. The largest absolute Gasteiger partial charge is 0.0654 e. The van der Waals surface area contributed by atoms with Gasteiger partial charge in [-0.15, -0.1) is 0 Å². The Morgan fingerprint density at radius 1 is 0.765 bits per heavy atom. The molecule has 2 unspecified atom stereocenters. The van der Waals surface area contributed by atoms with E-state index in [4.69, 9.17) is 0 Å². The molecule has 0 heteroatoms. The molecule has 0 nitrogen and oxygen atoms in total. The smallest absolute Gasteiger partial charge is 0.0383 e. The molecule has 2 atom stereocenters. The van der Waals surface area contributed by atoms with E-state index >= 15 is 0 Å². The van der Waals surface area contributed by atoms with Crippen molar-refractivity contribution in [1.82, 2.24) is 0 Å². The summed E-state index contributed by atoms with van der Waals surface area (Å²) in [7, 11) is 0. The molecule has 0 saturated heterocycles. The normalized spacial score (nSPS) is 15.9. The number of rotatable bonds is 9. The Labute approximate surface area is 111 Å². The second kappa shape index (κ2) is 9.00. The van der Waals surface area contributed by atoms with E-state index in [9.17, 15) is 0 Å². The molecule has 0 aliphatic carbocycles. The predicted molar refractivity (Wildman–Crippen MR) is 80.4 cm³/mol. The third-order valence-electron chi connectivity index (χ3n) is 3.80. The van der Waals surface area contributed by atoms with E-state index in [0.29, 0.717) is 5.41 Å². The molecule has 0 spiro atoms. The van der Waals surface area contributed by atoms with Crippen molar-refractivity contribution in [3.05, 3.63) is 0 Å². The summed E-state index contributed by atoms with van der Waals surface area (Å²) in [6, 6.07) is 0. The molecule has 0 amide bonds. The van der Waals surface area contributed by atoms with Crippen LogP contribution in [0.5, 0.6) is 0 Å². The Morgan fingerprint density at radius 3 is 1.71 bits per heavy atom. The summed E-state index contributed by atoms with van der Waals surface area (Å²) in [5.41, 5.74) is 0.523. The molecular formula is C17H36. The minimum absolute atomic E-state index is 0.523. The molecule has 0 aliphatic rings. The lowest BCUT2D eigenvalue weighted by molar-refractivity contribution is 0.332. The van der Waals surface area contributed by atoms with Gasteiger partial charge in [0.15, 0.2) is 0 Å². The molecule has 0 rings (SSSR count). The van der Waals surface area contributed by atoms with Crippen LogP contribution in [0, 0.1) is 17.3 Å². The van der Waals surface area contributed by atoms with Crippen molar-refractivity contribution in [2.24, 2.45) is 17.3 Å². The zero-order valence-electron chi connectivity index (χ0n) is 13.3. The van der Waals surface area contributed by atoms with E-state index in [1.54, 1.807) is 0 Å². The Hall–Kier alpha value is 0. The predicted octanol–water partition coefficient (Wildman–Crippen LogP) is 6.45. The van der Waals surface area contributed by atoms with Gasteiger partial charge in [-0.25, -0.2) is 0 Å². The summed E-state index contributed by atoms with van der Waals surface area (Å²) >= 11 is 0. The molecule has 0 aromatic carbocycles. The van der Waals surface area contributed by atoms with Crippen molar-refractivity contribution < 1.29 is 0 Å². The van der Waals surface area contributed by atoms with Crippen LogP contribution in [-0.4, -0.2) is 0 Å². The highest BCUT2D eigenvalue weighted by molar-refractivity contribution is 4.63. The first kappa shape index (κ1) is 17.0. The lowest BCUT2D eigenvalue weighted by atomic mass is 9.87. The van der Waals surface area contributed by atoms with Gasteiger partial charge in [0, 0.05) is 0 Å². The summed E-state index contributed by atoms with van der Waals surface area (Å²) in [5, 5.41) is 0. The zero-order valence-corrected chi connectivity index (χ0v) is 13.3. The van der Waals surface area contributed by atoms with Gasteiger partial charge < -0.3 is 0 Å². The van der Waals surface area contributed by atoms with Gasteiger partial charge in [-0.05, 0) is 23.7 Å². The number of hydrogen-bond donors (Lipinski definition) is 0. The van der Waals surface area contributed by atoms with Crippen molar-refractivity contribution in [2.45, 2.75) is 92.9 Å². The summed E-state index contributed by atoms with van der Waals surface area (Å²) in [5.74, 6) is 1.88. The van der Waals surface area contributed by atoms with E-state index in [-0.39, 0.29) is 0 Å². The Kier molecular flexibility index (Phi) is 9.00. The van der Waals surface area contributed by atoms with Crippen molar-refractivity contribution >= 4 is 0 Å². The fourth-order valence-corrected chi connectivity index (χ4v) is 2.58. The molecule has 0 aromatic rings. The highest BCUT2D eigenvalue weighted by Crippen LogP contribution is 2.25. The SMILES string of the molecule is CCCC(C)CCCC(C)CCCC(C)(C)C. The first-order valence-corrected chi connectivity index (χ1v) is 7.85.